The average Bonchev–Trinajstić information content (AvgIpc) is 2.49. The first-order valence-corrected chi connectivity index (χ1v) is 6.52. The Hall–Kier alpha value is -2.34. The molecule has 0 N–H and O–H groups in total. The highest BCUT2D eigenvalue weighted by molar-refractivity contribution is 5.63. The molecule has 0 saturated carbocycles. The van der Waals surface area contributed by atoms with Crippen LogP contribution in [0.25, 0.3) is 11.1 Å². The summed E-state index contributed by atoms with van der Waals surface area (Å²) in [6.07, 6.45) is 0.968. The van der Waals surface area contributed by atoms with Crippen molar-refractivity contribution in [2.45, 2.75) is 6.42 Å². The normalized spacial score (nSPS) is 10.3. The minimum absolute atomic E-state index is 0.968. The summed E-state index contributed by atoms with van der Waals surface area (Å²) in [6, 6.07) is 30.7. The van der Waals surface area contributed by atoms with Crippen molar-refractivity contribution in [2.24, 2.45) is 0 Å². The van der Waals surface area contributed by atoms with E-state index >= 15 is 0 Å². The molecule has 0 spiro atoms. The summed E-state index contributed by atoms with van der Waals surface area (Å²) in [5.74, 6) is 0. The third-order valence-electron chi connectivity index (χ3n) is 3.20. The van der Waals surface area contributed by atoms with Crippen molar-refractivity contribution < 1.29 is 0 Å². The van der Waals surface area contributed by atoms with E-state index in [1.165, 1.54) is 16.7 Å². The van der Waals surface area contributed by atoms with Crippen LogP contribution in [0, 0.1) is 6.07 Å². The summed E-state index contributed by atoms with van der Waals surface area (Å²) in [7, 11) is 0. The SMILES string of the molecule is [c]1ccc(Cc2ccccc2)cc1-c1ccccc1. The molecule has 0 amide bonds. The van der Waals surface area contributed by atoms with Crippen molar-refractivity contribution >= 4 is 0 Å². The van der Waals surface area contributed by atoms with Crippen LogP contribution in [0.3, 0.4) is 0 Å². The highest BCUT2D eigenvalue weighted by atomic mass is 14.0. The third-order valence-corrected chi connectivity index (χ3v) is 3.20. The van der Waals surface area contributed by atoms with Crippen molar-refractivity contribution in [3.8, 4) is 11.1 Å². The van der Waals surface area contributed by atoms with Crippen LogP contribution in [-0.2, 0) is 6.42 Å². The van der Waals surface area contributed by atoms with Crippen LogP contribution in [0.4, 0.5) is 0 Å². The van der Waals surface area contributed by atoms with Crippen molar-refractivity contribution in [1.82, 2.24) is 0 Å². The van der Waals surface area contributed by atoms with Gasteiger partial charge in [-0.25, -0.2) is 0 Å². The number of hydrogen-bond acceptors (Lipinski definition) is 0. The first-order valence-electron chi connectivity index (χ1n) is 6.52. The van der Waals surface area contributed by atoms with E-state index in [0.717, 1.165) is 12.0 Å². The van der Waals surface area contributed by atoms with Gasteiger partial charge in [-0.1, -0.05) is 78.9 Å². The van der Waals surface area contributed by atoms with E-state index in [-0.39, 0.29) is 0 Å². The van der Waals surface area contributed by atoms with Crippen LogP contribution in [0.1, 0.15) is 11.1 Å². The van der Waals surface area contributed by atoms with Crippen LogP contribution in [0.2, 0.25) is 0 Å². The molecule has 0 heterocycles. The molecular formula is C19H15. The Balaban J connectivity index is 1.89. The average molecular weight is 243 g/mol. The Morgan fingerprint density at radius 2 is 1.37 bits per heavy atom. The molecule has 91 valence electrons. The summed E-state index contributed by atoms with van der Waals surface area (Å²) < 4.78 is 0. The van der Waals surface area contributed by atoms with E-state index in [9.17, 15) is 0 Å². The van der Waals surface area contributed by atoms with Crippen molar-refractivity contribution in [2.75, 3.05) is 0 Å². The molecule has 19 heavy (non-hydrogen) atoms. The van der Waals surface area contributed by atoms with Gasteiger partial charge in [0.1, 0.15) is 0 Å². The van der Waals surface area contributed by atoms with Gasteiger partial charge < -0.3 is 0 Å². The fourth-order valence-electron chi connectivity index (χ4n) is 2.24. The van der Waals surface area contributed by atoms with Gasteiger partial charge in [-0.05, 0) is 34.7 Å². The first-order chi connectivity index (χ1) is 9.42. The minimum atomic E-state index is 0.968. The Morgan fingerprint density at radius 3 is 2.11 bits per heavy atom. The molecule has 0 aliphatic carbocycles. The monoisotopic (exact) mass is 243 g/mol. The lowest BCUT2D eigenvalue weighted by Crippen LogP contribution is -1.88. The van der Waals surface area contributed by atoms with E-state index in [1.807, 2.05) is 12.1 Å². The second-order valence-electron chi connectivity index (χ2n) is 4.64. The standard InChI is InChI=1S/C19H15/c1-3-8-16(9-4-1)14-17-10-7-13-19(15-17)18-11-5-2-6-12-18/h1-12,15H,14H2. The lowest BCUT2D eigenvalue weighted by molar-refractivity contribution is 1.19. The molecule has 3 aromatic carbocycles. The van der Waals surface area contributed by atoms with Crippen LogP contribution in [0.15, 0.2) is 78.9 Å². The van der Waals surface area contributed by atoms with Crippen molar-refractivity contribution in [3.05, 3.63) is 96.1 Å². The van der Waals surface area contributed by atoms with Gasteiger partial charge in [0, 0.05) is 0 Å². The number of benzene rings is 3. The zero-order chi connectivity index (χ0) is 12.9. The maximum atomic E-state index is 3.31. The highest BCUT2D eigenvalue weighted by Crippen LogP contribution is 2.20. The lowest BCUT2D eigenvalue weighted by atomic mass is 9.99. The van der Waals surface area contributed by atoms with E-state index in [0.29, 0.717) is 0 Å². The third kappa shape index (κ3) is 2.92. The van der Waals surface area contributed by atoms with Crippen molar-refractivity contribution in [1.29, 1.82) is 0 Å². The van der Waals surface area contributed by atoms with Gasteiger partial charge in [-0.3, -0.25) is 0 Å². The van der Waals surface area contributed by atoms with E-state index < -0.39 is 0 Å². The van der Waals surface area contributed by atoms with Crippen LogP contribution < -0.4 is 0 Å². The van der Waals surface area contributed by atoms with Gasteiger partial charge in [-0.15, -0.1) is 0 Å². The van der Waals surface area contributed by atoms with E-state index in [1.54, 1.807) is 0 Å². The smallest absolute Gasteiger partial charge is 0.00255 e. The Kier molecular flexibility index (Phi) is 3.42. The second-order valence-corrected chi connectivity index (χ2v) is 4.64. The van der Waals surface area contributed by atoms with Gasteiger partial charge in [0.15, 0.2) is 0 Å². The van der Waals surface area contributed by atoms with E-state index in [4.69, 9.17) is 0 Å². The number of hydrogen-bond donors (Lipinski definition) is 0. The molecule has 0 fully saturated rings. The van der Waals surface area contributed by atoms with Gasteiger partial charge >= 0.3 is 0 Å². The maximum absolute atomic E-state index is 3.31. The fraction of sp³-hybridized carbons (Fsp3) is 0.0526. The topological polar surface area (TPSA) is 0 Å². The molecule has 0 aliphatic heterocycles. The molecular weight excluding hydrogens is 228 g/mol. The molecule has 0 saturated heterocycles. The van der Waals surface area contributed by atoms with Crippen LogP contribution >= 0.6 is 0 Å². The molecule has 0 bridgehead atoms. The summed E-state index contributed by atoms with van der Waals surface area (Å²) in [4.78, 5) is 0. The lowest BCUT2D eigenvalue weighted by Gasteiger charge is -2.05. The van der Waals surface area contributed by atoms with Gasteiger partial charge in [0.05, 0.1) is 0 Å². The molecule has 0 heteroatoms. The Morgan fingerprint density at radius 1 is 0.684 bits per heavy atom. The predicted molar refractivity (Wildman–Crippen MR) is 80.0 cm³/mol. The van der Waals surface area contributed by atoms with Crippen LogP contribution in [0.5, 0.6) is 0 Å². The summed E-state index contributed by atoms with van der Waals surface area (Å²) in [6.45, 7) is 0. The molecule has 0 aromatic heterocycles. The van der Waals surface area contributed by atoms with Gasteiger partial charge in [0.25, 0.3) is 0 Å². The quantitative estimate of drug-likeness (QED) is 0.623. The number of rotatable bonds is 3. The molecule has 0 nitrogen and oxygen atoms in total. The summed E-state index contributed by atoms with van der Waals surface area (Å²) >= 11 is 0. The van der Waals surface area contributed by atoms with Gasteiger partial charge in [-0.2, -0.15) is 0 Å². The molecule has 1 radical (unpaired) electrons. The second kappa shape index (κ2) is 5.53. The predicted octanol–water partition coefficient (Wildman–Crippen LogP) is 4.74. The molecule has 0 unspecified atom stereocenters. The minimum Gasteiger partial charge on any atom is -0.0622 e. The van der Waals surface area contributed by atoms with Gasteiger partial charge in [0.2, 0.25) is 0 Å². The molecule has 3 rings (SSSR count). The van der Waals surface area contributed by atoms with E-state index in [2.05, 4.69) is 72.8 Å². The fourth-order valence-corrected chi connectivity index (χ4v) is 2.24. The molecule has 0 atom stereocenters. The Bertz CT molecular complexity index is 639. The highest BCUT2D eigenvalue weighted by Gasteiger charge is 2.00. The summed E-state index contributed by atoms with van der Waals surface area (Å²) in [5.41, 5.74) is 5.04. The largest absolute Gasteiger partial charge is 0.0622 e. The molecule has 3 aromatic rings. The maximum Gasteiger partial charge on any atom is -0.00255 e. The molecule has 0 aliphatic rings. The zero-order valence-corrected chi connectivity index (χ0v) is 10.7. The summed E-state index contributed by atoms with van der Waals surface area (Å²) in [5, 5.41) is 0. The van der Waals surface area contributed by atoms with Crippen molar-refractivity contribution in [3.63, 3.8) is 0 Å². The zero-order valence-electron chi connectivity index (χ0n) is 10.7. The van der Waals surface area contributed by atoms with Crippen LogP contribution in [-0.4, -0.2) is 0 Å². The Labute approximate surface area is 114 Å². The first kappa shape index (κ1) is 11.7.